The minimum atomic E-state index is -12.0. The van der Waals surface area contributed by atoms with E-state index in [1.807, 2.05) is 0 Å². The van der Waals surface area contributed by atoms with E-state index >= 15 is 0 Å². The number of hydrogen-bond acceptors (Lipinski definition) is 9. The van der Waals surface area contributed by atoms with Gasteiger partial charge >= 0.3 is 126 Å². The molecule has 147 valence electrons. The first kappa shape index (κ1) is 23.5. The predicted molar refractivity (Wildman–Crippen MR) is 63.7 cm³/mol. The SMILES string of the molecule is O=[CH][Mo]([CH]=O)([CH]=O)([CH]=O)([CH]=O)([S](=O)(=O)C(F)(F)F)[S](=O)(=O)C(F)(F)F. The molecule has 9 nitrogen and oxygen atoms in total. The van der Waals surface area contributed by atoms with Crippen LogP contribution in [-0.4, -0.2) is 51.2 Å². The van der Waals surface area contributed by atoms with Gasteiger partial charge in [-0.2, -0.15) is 0 Å². The van der Waals surface area contributed by atoms with E-state index in [1.165, 1.54) is 0 Å². The molecule has 0 saturated heterocycles. The van der Waals surface area contributed by atoms with Crippen molar-refractivity contribution in [2.24, 2.45) is 0 Å². The molecule has 0 rings (SSSR count). The number of halogens is 6. The maximum atomic E-state index is 12.9. The van der Waals surface area contributed by atoms with Gasteiger partial charge in [-0.05, 0) is 0 Å². The number of carbonyl (C=O) groups is 5. The quantitative estimate of drug-likeness (QED) is 0.250. The zero-order chi connectivity index (χ0) is 20.9. The van der Waals surface area contributed by atoms with E-state index in [0.29, 0.717) is 0 Å². The third kappa shape index (κ3) is 1.39. The molecule has 0 aliphatic heterocycles. The van der Waals surface area contributed by atoms with Crippen molar-refractivity contribution in [1.82, 2.24) is 0 Å². The second kappa shape index (κ2) is 4.43. The van der Waals surface area contributed by atoms with E-state index in [9.17, 15) is 67.2 Å². The zero-order valence-corrected chi connectivity index (χ0v) is 14.7. The van der Waals surface area contributed by atoms with Crippen LogP contribution in [0.4, 0.5) is 26.3 Å². The van der Waals surface area contributed by atoms with Gasteiger partial charge in [0.25, 0.3) is 0 Å². The molecular weight excluding hydrogens is 502 g/mol. The zero-order valence-electron chi connectivity index (χ0n) is 11.1. The van der Waals surface area contributed by atoms with Crippen LogP contribution in [0.5, 0.6) is 0 Å². The Balaban J connectivity index is 9.24. The van der Waals surface area contributed by atoms with Crippen LogP contribution < -0.4 is 0 Å². The average Bonchev–Trinajstić information content (AvgIpc) is 2.50. The molecule has 0 radical (unpaired) electrons. The van der Waals surface area contributed by atoms with Gasteiger partial charge < -0.3 is 0 Å². The number of alkyl halides is 6. The van der Waals surface area contributed by atoms with Crippen LogP contribution in [0.15, 0.2) is 0 Å². The molecule has 0 aliphatic rings. The molecule has 0 aromatic heterocycles. The Hall–Kier alpha value is -1.48. The Bertz CT molecular complexity index is 807. The van der Waals surface area contributed by atoms with Gasteiger partial charge in [0.15, 0.2) is 0 Å². The van der Waals surface area contributed by atoms with E-state index in [2.05, 4.69) is 0 Å². The molecule has 0 spiro atoms. The van der Waals surface area contributed by atoms with Crippen LogP contribution in [0.25, 0.3) is 0 Å². The van der Waals surface area contributed by atoms with Crippen molar-refractivity contribution in [3.05, 3.63) is 0 Å². The van der Waals surface area contributed by atoms with Crippen molar-refractivity contribution in [3.8, 4) is 0 Å². The first-order valence-electron chi connectivity index (χ1n) is 4.90. The van der Waals surface area contributed by atoms with Gasteiger partial charge in [-0.1, -0.05) is 0 Å². The number of hydrogen-bond donors (Lipinski definition) is 0. The summed E-state index contributed by atoms with van der Waals surface area (Å²) in [6, 6.07) is 0. The monoisotopic (exact) mass is 509 g/mol. The van der Waals surface area contributed by atoms with Crippen LogP contribution in [0.2, 0.25) is 0 Å². The molecule has 0 aromatic rings. The van der Waals surface area contributed by atoms with Gasteiger partial charge in [0.1, 0.15) is 0 Å². The normalized spacial score (nSPS) is 18.6. The Morgan fingerprint density at radius 3 is 0.760 bits per heavy atom. The average molecular weight is 507 g/mol. The molecular formula is C7H5F6MoO9S2. The van der Waals surface area contributed by atoms with Gasteiger partial charge in [0.2, 0.25) is 0 Å². The first-order chi connectivity index (χ1) is 10.7. The Kier molecular flexibility index (Phi) is 4.17. The summed E-state index contributed by atoms with van der Waals surface area (Å²) in [6.45, 7) is 0. The molecule has 0 saturated carbocycles. The van der Waals surface area contributed by atoms with Crippen molar-refractivity contribution < 1.29 is 76.9 Å². The third-order valence-corrected chi connectivity index (χ3v) is 50.1. The number of rotatable bonds is 7. The van der Waals surface area contributed by atoms with E-state index in [4.69, 9.17) is 0 Å². The minimum absolute atomic E-state index is 2.43. The second-order valence-corrected chi connectivity index (χ2v) is 42.6. The number of carbonyl (C=O) groups excluding carboxylic acids is 5. The summed E-state index contributed by atoms with van der Waals surface area (Å²) < 4.78 is 113. The van der Waals surface area contributed by atoms with Crippen LogP contribution in [-0.2, 0) is 48.8 Å². The molecule has 0 unspecified atom stereocenters. The topological polar surface area (TPSA) is 154 Å². The molecule has 0 N–H and O–H groups in total. The molecule has 0 amide bonds. The Labute approximate surface area is 126 Å². The van der Waals surface area contributed by atoms with Gasteiger partial charge in [0, 0.05) is 0 Å². The van der Waals surface area contributed by atoms with Crippen molar-refractivity contribution in [2.45, 2.75) is 11.0 Å². The Morgan fingerprint density at radius 1 is 0.520 bits per heavy atom. The summed E-state index contributed by atoms with van der Waals surface area (Å²) in [5.74, 6) is 0. The summed E-state index contributed by atoms with van der Waals surface area (Å²) in [6.07, 6.45) is 0. The summed E-state index contributed by atoms with van der Waals surface area (Å²) in [5, 5.41) is 0. The fourth-order valence-corrected chi connectivity index (χ4v) is 30.6. The van der Waals surface area contributed by atoms with E-state index in [1.54, 1.807) is 0 Å². The standard InChI is InChI=1S/2CF3O2S.5CHO.Mo/c2*2-1(3,4)7(5)6;5*1-2;/h;;5*1H;. The molecule has 0 fully saturated rings. The Morgan fingerprint density at radius 2 is 0.680 bits per heavy atom. The van der Waals surface area contributed by atoms with Gasteiger partial charge in [-0.3, -0.25) is 0 Å². The van der Waals surface area contributed by atoms with Crippen LogP contribution in [0.1, 0.15) is 0 Å². The van der Waals surface area contributed by atoms with Crippen molar-refractivity contribution in [3.63, 3.8) is 0 Å². The summed E-state index contributed by atoms with van der Waals surface area (Å²) in [4.78, 5) is 56.5. The molecule has 25 heavy (non-hydrogen) atoms. The van der Waals surface area contributed by atoms with Gasteiger partial charge in [-0.15, -0.1) is 0 Å². The molecule has 0 heterocycles. The van der Waals surface area contributed by atoms with Crippen molar-refractivity contribution in [1.29, 1.82) is 0 Å². The summed E-state index contributed by atoms with van der Waals surface area (Å²) in [7, 11) is -29.1. The predicted octanol–water partition coefficient (Wildman–Crippen LogP) is -0.602. The van der Waals surface area contributed by atoms with E-state index in [0.717, 1.165) is 0 Å². The van der Waals surface area contributed by atoms with Crippen LogP contribution >= 0.6 is 0 Å². The third-order valence-electron chi connectivity index (χ3n) is 3.52. The van der Waals surface area contributed by atoms with Crippen LogP contribution in [0, 0.1) is 0 Å². The van der Waals surface area contributed by atoms with Gasteiger partial charge in [-0.25, -0.2) is 0 Å². The van der Waals surface area contributed by atoms with Crippen molar-refractivity contribution in [2.75, 3.05) is 0 Å². The first-order valence-corrected chi connectivity index (χ1v) is 18.4. The van der Waals surface area contributed by atoms with Gasteiger partial charge in [0.05, 0.1) is 0 Å². The molecule has 0 atom stereocenters. The molecule has 0 bridgehead atoms. The summed E-state index contributed by atoms with van der Waals surface area (Å²) >= 11 is 0. The van der Waals surface area contributed by atoms with Crippen molar-refractivity contribution >= 4 is 38.5 Å². The fourth-order valence-electron chi connectivity index (χ4n) is 1.48. The summed E-state index contributed by atoms with van der Waals surface area (Å²) in [5.41, 5.74) is -14.6. The molecule has 0 aromatic carbocycles. The maximum absolute atomic E-state index is 12.9. The van der Waals surface area contributed by atoms with E-state index in [-0.39, 0.29) is 0 Å². The van der Waals surface area contributed by atoms with E-state index < -0.39 is 59.2 Å². The fraction of sp³-hybridized carbons (Fsp3) is 0.286. The molecule has 0 aliphatic carbocycles. The second-order valence-electron chi connectivity index (χ2n) is 4.67. The van der Waals surface area contributed by atoms with Crippen LogP contribution in [0.3, 0.4) is 0 Å². The molecule has 18 heteroatoms.